The van der Waals surface area contributed by atoms with Crippen molar-refractivity contribution in [3.63, 3.8) is 0 Å². The molecule has 0 aliphatic heterocycles. The van der Waals surface area contributed by atoms with Crippen LogP contribution in [0, 0.1) is 0 Å². The summed E-state index contributed by atoms with van der Waals surface area (Å²) >= 11 is 1.11. The molecule has 0 amide bonds. The second-order valence-electron chi connectivity index (χ2n) is 2.07. The third-order valence-corrected chi connectivity index (χ3v) is 2.07. The zero-order valence-electron chi connectivity index (χ0n) is 6.27. The number of aliphatic hydroxyl groups is 1. The van der Waals surface area contributed by atoms with Gasteiger partial charge < -0.3 is 15.3 Å². The van der Waals surface area contributed by atoms with E-state index in [1.807, 2.05) is 0 Å². The summed E-state index contributed by atoms with van der Waals surface area (Å²) in [7, 11) is 0. The minimum Gasteiger partial charge on any atom is -0.481 e. The van der Waals surface area contributed by atoms with Gasteiger partial charge in [-0.3, -0.25) is 4.79 Å². The van der Waals surface area contributed by atoms with Gasteiger partial charge in [-0.2, -0.15) is 11.8 Å². The van der Waals surface area contributed by atoms with Crippen LogP contribution < -0.4 is 0 Å². The van der Waals surface area contributed by atoms with E-state index in [9.17, 15) is 9.59 Å². The second-order valence-corrected chi connectivity index (χ2v) is 3.22. The Morgan fingerprint density at radius 2 is 1.92 bits per heavy atom. The Labute approximate surface area is 73.4 Å². The zero-order valence-corrected chi connectivity index (χ0v) is 7.08. The molecule has 6 heteroatoms. The van der Waals surface area contributed by atoms with Gasteiger partial charge in [-0.25, -0.2) is 4.79 Å². The Balaban J connectivity index is 3.31. The zero-order chi connectivity index (χ0) is 9.56. The van der Waals surface area contributed by atoms with Gasteiger partial charge in [-0.1, -0.05) is 0 Å². The van der Waals surface area contributed by atoms with Gasteiger partial charge in [0, 0.05) is 11.5 Å². The molecule has 0 saturated heterocycles. The molecule has 1 unspecified atom stereocenters. The lowest BCUT2D eigenvalue weighted by Crippen LogP contribution is -2.22. The van der Waals surface area contributed by atoms with Crippen LogP contribution in [0.2, 0.25) is 0 Å². The van der Waals surface area contributed by atoms with Crippen LogP contribution in [0.5, 0.6) is 0 Å². The third-order valence-electron chi connectivity index (χ3n) is 1.02. The number of aliphatic hydroxyl groups excluding tert-OH is 1. The molecule has 0 aromatic carbocycles. The van der Waals surface area contributed by atoms with E-state index >= 15 is 0 Å². The van der Waals surface area contributed by atoms with E-state index in [4.69, 9.17) is 15.3 Å². The largest absolute Gasteiger partial charge is 0.481 e. The van der Waals surface area contributed by atoms with Crippen molar-refractivity contribution in [3.05, 3.63) is 0 Å². The summed E-state index contributed by atoms with van der Waals surface area (Å²) in [5.74, 6) is -1.85. The maximum Gasteiger partial charge on any atom is 0.333 e. The average Bonchev–Trinajstić information content (AvgIpc) is 1.97. The van der Waals surface area contributed by atoms with Crippen molar-refractivity contribution in [1.82, 2.24) is 0 Å². The van der Waals surface area contributed by atoms with Gasteiger partial charge in [0.05, 0.1) is 6.42 Å². The number of hydrogen-bond acceptors (Lipinski definition) is 4. The van der Waals surface area contributed by atoms with Crippen LogP contribution in [-0.4, -0.2) is 44.9 Å². The normalized spacial score (nSPS) is 12.4. The van der Waals surface area contributed by atoms with Crippen molar-refractivity contribution in [1.29, 1.82) is 0 Å². The molecule has 0 saturated carbocycles. The molecule has 1 atom stereocenters. The standard InChI is InChI=1S/C6H10O5S/c7-4(6(10)11)3-12-2-1-5(8)9/h4,7H,1-3H2,(H,8,9)(H,10,11). The molecule has 12 heavy (non-hydrogen) atoms. The summed E-state index contributed by atoms with van der Waals surface area (Å²) in [5.41, 5.74) is 0. The lowest BCUT2D eigenvalue weighted by molar-refractivity contribution is -0.145. The van der Waals surface area contributed by atoms with Crippen molar-refractivity contribution in [2.75, 3.05) is 11.5 Å². The number of rotatable bonds is 6. The minimum atomic E-state index is -1.40. The summed E-state index contributed by atoms with van der Waals surface area (Å²) in [6.07, 6.45) is -1.42. The van der Waals surface area contributed by atoms with Gasteiger partial charge in [0.2, 0.25) is 0 Å². The summed E-state index contributed by atoms with van der Waals surface area (Å²) in [6.45, 7) is 0. The minimum absolute atomic E-state index is 0.0169. The molecule has 0 aromatic rings. The Kier molecular flexibility index (Phi) is 5.48. The van der Waals surface area contributed by atoms with Crippen LogP contribution >= 0.6 is 11.8 Å². The van der Waals surface area contributed by atoms with E-state index in [2.05, 4.69) is 0 Å². The first-order valence-corrected chi connectivity index (χ1v) is 4.40. The highest BCUT2D eigenvalue weighted by molar-refractivity contribution is 7.99. The van der Waals surface area contributed by atoms with Crippen LogP contribution in [0.25, 0.3) is 0 Å². The Morgan fingerprint density at radius 3 is 2.33 bits per heavy atom. The van der Waals surface area contributed by atoms with Gasteiger partial charge in [-0.05, 0) is 0 Å². The number of thioether (sulfide) groups is 1. The van der Waals surface area contributed by atoms with E-state index in [0.717, 1.165) is 11.8 Å². The highest BCUT2D eigenvalue weighted by atomic mass is 32.2. The molecule has 5 nitrogen and oxygen atoms in total. The molecular weight excluding hydrogens is 184 g/mol. The summed E-state index contributed by atoms with van der Waals surface area (Å²) < 4.78 is 0. The number of carboxylic acid groups (broad SMARTS) is 2. The van der Waals surface area contributed by atoms with E-state index in [1.54, 1.807) is 0 Å². The third kappa shape index (κ3) is 5.99. The highest BCUT2D eigenvalue weighted by Crippen LogP contribution is 2.04. The number of carbonyl (C=O) groups is 2. The second kappa shape index (κ2) is 5.84. The van der Waals surface area contributed by atoms with Crippen molar-refractivity contribution in [2.45, 2.75) is 12.5 Å². The first kappa shape index (κ1) is 11.2. The van der Waals surface area contributed by atoms with Crippen molar-refractivity contribution in [2.24, 2.45) is 0 Å². The maximum absolute atomic E-state index is 10.0. The predicted molar refractivity (Wildman–Crippen MR) is 43.2 cm³/mol. The molecule has 0 aliphatic rings. The summed E-state index contributed by atoms with van der Waals surface area (Å²) in [4.78, 5) is 20.0. The van der Waals surface area contributed by atoms with Crippen molar-refractivity contribution < 1.29 is 24.9 Å². The van der Waals surface area contributed by atoms with E-state index in [-0.39, 0.29) is 12.2 Å². The molecule has 0 fully saturated rings. The van der Waals surface area contributed by atoms with Crippen molar-refractivity contribution in [3.8, 4) is 0 Å². The molecule has 70 valence electrons. The molecule has 0 bridgehead atoms. The monoisotopic (exact) mass is 194 g/mol. The predicted octanol–water partition coefficient (Wildman–Crippen LogP) is -0.360. The van der Waals surface area contributed by atoms with Crippen LogP contribution in [0.3, 0.4) is 0 Å². The number of carboxylic acids is 2. The van der Waals surface area contributed by atoms with Crippen LogP contribution in [0.1, 0.15) is 6.42 Å². The summed E-state index contributed by atoms with van der Waals surface area (Å²) in [5, 5.41) is 25.1. The fourth-order valence-corrected chi connectivity index (χ4v) is 1.28. The van der Waals surface area contributed by atoms with Crippen LogP contribution in [0.4, 0.5) is 0 Å². The lowest BCUT2D eigenvalue weighted by atomic mass is 10.4. The quantitative estimate of drug-likeness (QED) is 0.500. The van der Waals surface area contributed by atoms with Gasteiger partial charge in [0.15, 0.2) is 6.10 Å². The maximum atomic E-state index is 10.0. The highest BCUT2D eigenvalue weighted by Gasteiger charge is 2.12. The first-order chi connectivity index (χ1) is 5.54. The van der Waals surface area contributed by atoms with Gasteiger partial charge in [0.1, 0.15) is 0 Å². The van der Waals surface area contributed by atoms with Crippen LogP contribution in [-0.2, 0) is 9.59 Å². The Bertz CT molecular complexity index is 169. The topological polar surface area (TPSA) is 94.8 Å². The summed E-state index contributed by atoms with van der Waals surface area (Å²) in [6, 6.07) is 0. The van der Waals surface area contributed by atoms with Gasteiger partial charge in [-0.15, -0.1) is 0 Å². The Hall–Kier alpha value is -0.750. The van der Waals surface area contributed by atoms with E-state index in [0.29, 0.717) is 5.75 Å². The van der Waals surface area contributed by atoms with Gasteiger partial charge in [0.25, 0.3) is 0 Å². The Morgan fingerprint density at radius 1 is 1.33 bits per heavy atom. The average molecular weight is 194 g/mol. The fraction of sp³-hybridized carbons (Fsp3) is 0.667. The molecule has 0 heterocycles. The molecule has 3 N–H and O–H groups in total. The molecule has 0 spiro atoms. The van der Waals surface area contributed by atoms with E-state index < -0.39 is 18.0 Å². The number of hydrogen-bond donors (Lipinski definition) is 3. The molecule has 0 radical (unpaired) electrons. The molecule has 0 rings (SSSR count). The smallest absolute Gasteiger partial charge is 0.333 e. The van der Waals surface area contributed by atoms with E-state index in [1.165, 1.54) is 0 Å². The van der Waals surface area contributed by atoms with Crippen LogP contribution in [0.15, 0.2) is 0 Å². The van der Waals surface area contributed by atoms with Gasteiger partial charge >= 0.3 is 11.9 Å². The van der Waals surface area contributed by atoms with Crippen molar-refractivity contribution >= 4 is 23.7 Å². The molecular formula is C6H10O5S. The fourth-order valence-electron chi connectivity index (χ4n) is 0.426. The molecule has 0 aliphatic carbocycles. The first-order valence-electron chi connectivity index (χ1n) is 3.24. The SMILES string of the molecule is O=C(O)CCSCC(O)C(=O)O. The molecule has 0 aromatic heterocycles. The number of aliphatic carboxylic acids is 2. The lowest BCUT2D eigenvalue weighted by Gasteiger charge is -2.02.